The summed E-state index contributed by atoms with van der Waals surface area (Å²) < 4.78 is 32.5. The summed E-state index contributed by atoms with van der Waals surface area (Å²) in [6, 6.07) is 11.9. The lowest BCUT2D eigenvalue weighted by Gasteiger charge is -2.34. The average Bonchev–Trinajstić information content (AvgIpc) is 3.12. The summed E-state index contributed by atoms with van der Waals surface area (Å²) >= 11 is 0. The van der Waals surface area contributed by atoms with E-state index in [0.717, 1.165) is 4.90 Å². The van der Waals surface area contributed by atoms with Crippen molar-refractivity contribution in [2.75, 3.05) is 39.8 Å². The SMILES string of the molecule is COc1ccc([C@]2(C)NC(=O)N(CC(=O)N3CCN(S(=O)(=O)c4cccc(C(C)=O)c4)CC3)C2=O)cc1. The smallest absolute Gasteiger partial charge is 0.325 e. The number of ether oxygens (including phenoxy) is 1. The minimum atomic E-state index is -3.85. The van der Waals surface area contributed by atoms with Gasteiger partial charge in [-0.1, -0.05) is 24.3 Å². The highest BCUT2D eigenvalue weighted by atomic mass is 32.2. The summed E-state index contributed by atoms with van der Waals surface area (Å²) in [6.45, 7) is 2.77. The van der Waals surface area contributed by atoms with Gasteiger partial charge in [0.05, 0.1) is 12.0 Å². The number of ketones is 1. The van der Waals surface area contributed by atoms with E-state index >= 15 is 0 Å². The van der Waals surface area contributed by atoms with E-state index in [1.165, 1.54) is 41.4 Å². The molecule has 2 fully saturated rings. The zero-order chi connectivity index (χ0) is 27.0. The number of amides is 4. The number of carbonyl (C=O) groups is 4. The Balaban J connectivity index is 1.40. The molecule has 0 aromatic heterocycles. The lowest BCUT2D eigenvalue weighted by molar-refractivity contribution is -0.139. The minimum absolute atomic E-state index is 0.0112. The molecule has 0 spiro atoms. The fraction of sp³-hybridized carbons (Fsp3) is 0.360. The van der Waals surface area contributed by atoms with Crippen molar-refractivity contribution in [2.45, 2.75) is 24.3 Å². The molecule has 4 amide bonds. The Labute approximate surface area is 215 Å². The molecule has 2 aliphatic heterocycles. The van der Waals surface area contributed by atoms with Gasteiger partial charge in [0.1, 0.15) is 17.8 Å². The molecule has 37 heavy (non-hydrogen) atoms. The van der Waals surface area contributed by atoms with Crippen LogP contribution in [0.1, 0.15) is 29.8 Å². The Hall–Kier alpha value is -3.77. The van der Waals surface area contributed by atoms with E-state index in [9.17, 15) is 27.6 Å². The maximum Gasteiger partial charge on any atom is 0.325 e. The number of urea groups is 1. The van der Waals surface area contributed by atoms with E-state index < -0.39 is 40.0 Å². The fourth-order valence-electron chi connectivity index (χ4n) is 4.40. The number of piperazine rings is 1. The predicted molar refractivity (Wildman–Crippen MR) is 132 cm³/mol. The Morgan fingerprint density at radius 3 is 2.27 bits per heavy atom. The van der Waals surface area contributed by atoms with Gasteiger partial charge < -0.3 is 15.0 Å². The number of carbonyl (C=O) groups excluding carboxylic acids is 4. The number of nitrogens with zero attached hydrogens (tertiary/aromatic N) is 3. The molecular formula is C25H28N4O7S. The lowest BCUT2D eigenvalue weighted by Crippen LogP contribution is -2.53. The summed E-state index contributed by atoms with van der Waals surface area (Å²) in [6.07, 6.45) is 0. The molecule has 0 bridgehead atoms. The van der Waals surface area contributed by atoms with Crippen LogP contribution >= 0.6 is 0 Å². The molecule has 2 aromatic carbocycles. The number of imide groups is 1. The van der Waals surface area contributed by atoms with Crippen LogP contribution in [0.5, 0.6) is 5.75 Å². The molecule has 1 N–H and O–H groups in total. The molecule has 4 rings (SSSR count). The van der Waals surface area contributed by atoms with Crippen LogP contribution in [0, 0.1) is 0 Å². The molecule has 0 saturated carbocycles. The van der Waals surface area contributed by atoms with Crippen molar-refractivity contribution in [1.82, 2.24) is 19.4 Å². The van der Waals surface area contributed by atoms with E-state index in [1.54, 1.807) is 37.3 Å². The quantitative estimate of drug-likeness (QED) is 0.422. The molecule has 196 valence electrons. The Bertz CT molecular complexity index is 1350. The number of methoxy groups -OCH3 is 1. The predicted octanol–water partition coefficient (Wildman–Crippen LogP) is 1.20. The van der Waals surface area contributed by atoms with Crippen LogP contribution in [0.2, 0.25) is 0 Å². The highest BCUT2D eigenvalue weighted by Crippen LogP contribution is 2.30. The number of rotatable bonds is 7. The van der Waals surface area contributed by atoms with E-state index in [-0.39, 0.29) is 36.9 Å². The van der Waals surface area contributed by atoms with Gasteiger partial charge in [-0.2, -0.15) is 4.31 Å². The lowest BCUT2D eigenvalue weighted by atomic mass is 9.92. The summed E-state index contributed by atoms with van der Waals surface area (Å²) in [5.74, 6) is -0.652. The van der Waals surface area contributed by atoms with Crippen molar-refractivity contribution in [3.8, 4) is 5.75 Å². The Morgan fingerprint density at radius 2 is 1.68 bits per heavy atom. The van der Waals surface area contributed by atoms with Crippen molar-refractivity contribution < 1.29 is 32.3 Å². The first kappa shape index (κ1) is 26.3. The number of Topliss-reactive ketones (excluding diaryl/α,β-unsaturated/α-hetero) is 1. The van der Waals surface area contributed by atoms with Gasteiger partial charge in [0, 0.05) is 31.7 Å². The van der Waals surface area contributed by atoms with Gasteiger partial charge in [0.2, 0.25) is 15.9 Å². The first-order valence-electron chi connectivity index (χ1n) is 11.6. The van der Waals surface area contributed by atoms with Crippen LogP contribution in [-0.2, 0) is 25.2 Å². The van der Waals surface area contributed by atoms with E-state index in [0.29, 0.717) is 16.9 Å². The van der Waals surface area contributed by atoms with Crippen molar-refractivity contribution in [3.05, 3.63) is 59.7 Å². The van der Waals surface area contributed by atoms with Gasteiger partial charge in [0.15, 0.2) is 5.78 Å². The fourth-order valence-corrected chi connectivity index (χ4v) is 5.87. The van der Waals surface area contributed by atoms with Gasteiger partial charge >= 0.3 is 6.03 Å². The number of hydrogen-bond acceptors (Lipinski definition) is 7. The Morgan fingerprint density at radius 1 is 1.03 bits per heavy atom. The van der Waals surface area contributed by atoms with Crippen LogP contribution in [0.4, 0.5) is 4.79 Å². The summed E-state index contributed by atoms with van der Waals surface area (Å²) in [7, 11) is -2.33. The standard InChI is InChI=1S/C25H28N4O7S/c1-17(30)18-5-4-6-21(15-18)37(34,35)28-13-11-27(12-14-28)22(31)16-29-23(32)25(2,26-24(29)33)19-7-9-20(36-3)10-8-19/h4-10,15H,11-14,16H2,1-3H3,(H,26,33)/t25-/m0/s1. The van der Waals surface area contributed by atoms with E-state index in [1.807, 2.05) is 0 Å². The first-order valence-corrected chi connectivity index (χ1v) is 13.1. The second-order valence-electron chi connectivity index (χ2n) is 9.04. The number of sulfonamides is 1. The van der Waals surface area contributed by atoms with Crippen LogP contribution in [-0.4, -0.2) is 86.0 Å². The van der Waals surface area contributed by atoms with Gasteiger partial charge in [-0.15, -0.1) is 0 Å². The summed E-state index contributed by atoms with van der Waals surface area (Å²) in [5, 5.41) is 2.66. The number of benzene rings is 2. The number of hydrogen-bond donors (Lipinski definition) is 1. The van der Waals surface area contributed by atoms with Crippen molar-refractivity contribution in [2.24, 2.45) is 0 Å². The third-order valence-electron chi connectivity index (χ3n) is 6.71. The maximum atomic E-state index is 13.2. The van der Waals surface area contributed by atoms with Crippen LogP contribution in [0.15, 0.2) is 53.4 Å². The second kappa shape index (κ2) is 9.94. The molecule has 11 nitrogen and oxygen atoms in total. The van der Waals surface area contributed by atoms with Gasteiger partial charge in [-0.3, -0.25) is 19.3 Å². The third-order valence-corrected chi connectivity index (χ3v) is 8.60. The van der Waals surface area contributed by atoms with E-state index in [4.69, 9.17) is 4.74 Å². The van der Waals surface area contributed by atoms with Crippen LogP contribution in [0.25, 0.3) is 0 Å². The topological polar surface area (TPSA) is 133 Å². The molecule has 2 aromatic rings. The van der Waals surface area contributed by atoms with E-state index in [2.05, 4.69) is 5.32 Å². The highest BCUT2D eigenvalue weighted by molar-refractivity contribution is 7.89. The van der Waals surface area contributed by atoms with Gasteiger partial charge in [-0.05, 0) is 43.7 Å². The molecule has 2 saturated heterocycles. The minimum Gasteiger partial charge on any atom is -0.497 e. The molecule has 0 radical (unpaired) electrons. The van der Waals surface area contributed by atoms with Gasteiger partial charge in [-0.25, -0.2) is 13.2 Å². The summed E-state index contributed by atoms with van der Waals surface area (Å²) in [5.41, 5.74) is -0.482. The second-order valence-corrected chi connectivity index (χ2v) is 11.0. The first-order chi connectivity index (χ1) is 17.5. The molecule has 1 atom stereocenters. The van der Waals surface area contributed by atoms with Crippen molar-refractivity contribution >= 4 is 33.7 Å². The molecule has 2 heterocycles. The van der Waals surface area contributed by atoms with Crippen molar-refractivity contribution in [1.29, 1.82) is 0 Å². The van der Waals surface area contributed by atoms with Crippen LogP contribution in [0.3, 0.4) is 0 Å². The highest BCUT2D eigenvalue weighted by Gasteiger charge is 2.49. The molecule has 0 unspecified atom stereocenters. The monoisotopic (exact) mass is 528 g/mol. The largest absolute Gasteiger partial charge is 0.497 e. The van der Waals surface area contributed by atoms with Crippen LogP contribution < -0.4 is 10.1 Å². The molecule has 0 aliphatic carbocycles. The normalized spacial score (nSPS) is 20.6. The zero-order valence-electron chi connectivity index (χ0n) is 20.8. The number of nitrogens with one attached hydrogen (secondary N) is 1. The molecule has 12 heteroatoms. The molecule has 2 aliphatic rings. The molecular weight excluding hydrogens is 500 g/mol. The average molecular weight is 529 g/mol. The third kappa shape index (κ3) is 4.94. The summed E-state index contributed by atoms with van der Waals surface area (Å²) in [4.78, 5) is 52.7. The zero-order valence-corrected chi connectivity index (χ0v) is 21.6. The maximum absolute atomic E-state index is 13.2. The Kier molecular flexibility index (Phi) is 7.07. The van der Waals surface area contributed by atoms with Gasteiger partial charge in [0.25, 0.3) is 5.91 Å². The van der Waals surface area contributed by atoms with Crippen molar-refractivity contribution in [3.63, 3.8) is 0 Å².